The number of nitrogens with zero attached hydrogens (tertiary/aromatic N) is 1. The number of allylic oxidation sites excluding steroid dienone is 9. The third-order valence-corrected chi connectivity index (χ3v) is 7.52. The Labute approximate surface area is 167 Å². The fourth-order valence-corrected chi connectivity index (χ4v) is 4.87. The van der Waals surface area contributed by atoms with Crippen molar-refractivity contribution in [3.8, 4) is 0 Å². The van der Waals surface area contributed by atoms with E-state index in [4.69, 9.17) is 4.99 Å². The van der Waals surface area contributed by atoms with Gasteiger partial charge in [-0.1, -0.05) is 63.8 Å². The Kier molecular flexibility index (Phi) is 5.86. The SMILES string of the molecule is C=C(/C(=C\C1=NCC2C=CC(C3=CCC(C)C=C3)=CC12)C(C)C)S(C)(C)C. The molecule has 3 aliphatic rings. The van der Waals surface area contributed by atoms with Crippen LogP contribution >= 0.6 is 10.0 Å². The van der Waals surface area contributed by atoms with Gasteiger partial charge in [-0.05, 0) is 64.7 Å². The van der Waals surface area contributed by atoms with Gasteiger partial charge < -0.3 is 0 Å². The Balaban J connectivity index is 1.89. The van der Waals surface area contributed by atoms with Crippen LogP contribution in [0, 0.1) is 23.7 Å². The maximum Gasteiger partial charge on any atom is 0.0465 e. The van der Waals surface area contributed by atoms with Gasteiger partial charge in [0.1, 0.15) is 0 Å². The Bertz CT molecular complexity index is 793. The van der Waals surface area contributed by atoms with Crippen molar-refractivity contribution in [2.75, 3.05) is 25.3 Å². The molecule has 0 aromatic carbocycles. The fourth-order valence-electron chi connectivity index (χ4n) is 3.87. The predicted octanol–water partition coefficient (Wildman–Crippen LogP) is 6.48. The number of aliphatic imine (C=N–C) groups is 1. The molecule has 3 rings (SSSR count). The van der Waals surface area contributed by atoms with E-state index < -0.39 is 10.0 Å². The monoisotopic (exact) mass is 381 g/mol. The number of hydrogen-bond acceptors (Lipinski definition) is 1. The van der Waals surface area contributed by atoms with Crippen molar-refractivity contribution in [2.24, 2.45) is 28.7 Å². The second-order valence-corrected chi connectivity index (χ2v) is 13.3. The molecule has 0 radical (unpaired) electrons. The first-order chi connectivity index (χ1) is 12.7. The first-order valence-electron chi connectivity index (χ1n) is 10.1. The van der Waals surface area contributed by atoms with Gasteiger partial charge in [-0.25, -0.2) is 10.0 Å². The minimum Gasteiger partial charge on any atom is -0.288 e. The highest BCUT2D eigenvalue weighted by Crippen LogP contribution is 2.49. The van der Waals surface area contributed by atoms with E-state index in [9.17, 15) is 0 Å². The van der Waals surface area contributed by atoms with Crippen LogP contribution in [0.5, 0.6) is 0 Å². The third-order valence-electron chi connectivity index (χ3n) is 5.80. The first kappa shape index (κ1) is 20.2. The summed E-state index contributed by atoms with van der Waals surface area (Å²) >= 11 is 0. The van der Waals surface area contributed by atoms with Crippen LogP contribution in [-0.2, 0) is 0 Å². The average molecular weight is 382 g/mol. The van der Waals surface area contributed by atoms with Crippen LogP contribution in [0.4, 0.5) is 0 Å². The molecule has 3 unspecified atom stereocenters. The molecule has 1 aliphatic heterocycles. The summed E-state index contributed by atoms with van der Waals surface area (Å²) in [5, 5.41) is 0. The molecule has 0 aromatic heterocycles. The maximum atomic E-state index is 4.93. The van der Waals surface area contributed by atoms with Crippen LogP contribution in [0.25, 0.3) is 0 Å². The molecule has 0 fully saturated rings. The Morgan fingerprint density at radius 2 is 1.89 bits per heavy atom. The second kappa shape index (κ2) is 7.83. The van der Waals surface area contributed by atoms with E-state index in [1.165, 1.54) is 27.3 Å². The zero-order chi connectivity index (χ0) is 19.8. The second-order valence-electron chi connectivity index (χ2n) is 9.18. The van der Waals surface area contributed by atoms with Gasteiger partial charge in [0.25, 0.3) is 0 Å². The van der Waals surface area contributed by atoms with Gasteiger partial charge in [0.2, 0.25) is 0 Å². The molecule has 0 saturated heterocycles. The van der Waals surface area contributed by atoms with Gasteiger partial charge in [-0.2, -0.15) is 0 Å². The lowest BCUT2D eigenvalue weighted by Gasteiger charge is -2.32. The largest absolute Gasteiger partial charge is 0.288 e. The van der Waals surface area contributed by atoms with Gasteiger partial charge >= 0.3 is 0 Å². The lowest BCUT2D eigenvalue weighted by atomic mass is 9.81. The van der Waals surface area contributed by atoms with Crippen LogP contribution in [0.1, 0.15) is 27.2 Å². The van der Waals surface area contributed by atoms with Gasteiger partial charge in [-0.15, -0.1) is 0 Å². The number of hydrogen-bond donors (Lipinski definition) is 0. The molecule has 0 bridgehead atoms. The van der Waals surface area contributed by atoms with E-state index in [1.807, 2.05) is 0 Å². The first-order valence-corrected chi connectivity index (χ1v) is 12.9. The van der Waals surface area contributed by atoms with Crippen molar-refractivity contribution < 1.29 is 0 Å². The molecule has 0 N–H and O–H groups in total. The summed E-state index contributed by atoms with van der Waals surface area (Å²) < 4.78 is 0. The molecule has 0 saturated carbocycles. The average Bonchev–Trinajstić information content (AvgIpc) is 3.00. The fraction of sp³-hybridized carbons (Fsp3) is 0.480. The van der Waals surface area contributed by atoms with Crippen molar-refractivity contribution in [2.45, 2.75) is 27.2 Å². The van der Waals surface area contributed by atoms with Crippen LogP contribution in [0.3, 0.4) is 0 Å². The predicted molar refractivity (Wildman–Crippen MR) is 125 cm³/mol. The van der Waals surface area contributed by atoms with E-state index in [-0.39, 0.29) is 0 Å². The summed E-state index contributed by atoms with van der Waals surface area (Å²) in [5.41, 5.74) is 5.34. The molecular weight excluding hydrogens is 346 g/mol. The molecule has 2 heteroatoms. The maximum absolute atomic E-state index is 4.93. The molecule has 27 heavy (non-hydrogen) atoms. The van der Waals surface area contributed by atoms with E-state index in [2.05, 4.69) is 88.6 Å². The summed E-state index contributed by atoms with van der Waals surface area (Å²) in [6, 6.07) is 0. The molecule has 1 heterocycles. The quantitative estimate of drug-likeness (QED) is 0.483. The van der Waals surface area contributed by atoms with Crippen LogP contribution in [0.15, 0.2) is 75.7 Å². The Hall–Kier alpha value is -1.54. The molecular formula is C25H35NS. The summed E-state index contributed by atoms with van der Waals surface area (Å²) in [4.78, 5) is 6.24. The van der Waals surface area contributed by atoms with Crippen LogP contribution in [-0.4, -0.2) is 31.0 Å². The van der Waals surface area contributed by atoms with Gasteiger partial charge in [0.15, 0.2) is 0 Å². The van der Waals surface area contributed by atoms with Crippen molar-refractivity contribution in [1.29, 1.82) is 0 Å². The summed E-state index contributed by atoms with van der Waals surface area (Å²) in [7, 11) is -0.817. The molecule has 0 amide bonds. The van der Waals surface area contributed by atoms with Gasteiger partial charge in [-0.3, -0.25) is 4.99 Å². The highest BCUT2D eigenvalue weighted by Gasteiger charge is 2.31. The number of rotatable bonds is 5. The highest BCUT2D eigenvalue weighted by atomic mass is 32.3. The van der Waals surface area contributed by atoms with Crippen molar-refractivity contribution in [3.05, 3.63) is 70.7 Å². The smallest absolute Gasteiger partial charge is 0.0465 e. The lowest BCUT2D eigenvalue weighted by Crippen LogP contribution is -2.18. The normalized spacial score (nSPS) is 28.6. The summed E-state index contributed by atoms with van der Waals surface area (Å²) in [5.74, 6) is 2.03. The van der Waals surface area contributed by atoms with E-state index in [1.54, 1.807) is 0 Å². The molecule has 2 aliphatic carbocycles. The van der Waals surface area contributed by atoms with Crippen LogP contribution < -0.4 is 0 Å². The van der Waals surface area contributed by atoms with Crippen molar-refractivity contribution >= 4 is 15.7 Å². The topological polar surface area (TPSA) is 12.4 Å². The molecule has 0 spiro atoms. The highest BCUT2D eigenvalue weighted by molar-refractivity contribution is 8.35. The van der Waals surface area contributed by atoms with E-state index in [0.717, 1.165) is 13.0 Å². The molecule has 3 atom stereocenters. The van der Waals surface area contributed by atoms with Crippen molar-refractivity contribution in [1.82, 2.24) is 0 Å². The number of fused-ring (bicyclic) bond motifs is 1. The lowest BCUT2D eigenvalue weighted by molar-refractivity contribution is 0.630. The molecule has 0 aromatic rings. The molecule has 146 valence electrons. The van der Waals surface area contributed by atoms with Crippen LogP contribution in [0.2, 0.25) is 0 Å². The van der Waals surface area contributed by atoms with Gasteiger partial charge in [0, 0.05) is 24.1 Å². The summed E-state index contributed by atoms with van der Waals surface area (Å²) in [6.45, 7) is 12.2. The van der Waals surface area contributed by atoms with E-state index in [0.29, 0.717) is 23.7 Å². The zero-order valence-electron chi connectivity index (χ0n) is 17.8. The standard InChI is InChI=1S/C25H35NS/c1-17(2)23(19(4)27(5,6)7)15-25-24-14-21(12-13-22(24)16-26-25)20-10-8-18(3)9-11-20/h8,10-15,17-18,22,24H,4,9,16H2,1-3,5-7H3/b23-15-. The minimum absolute atomic E-state index is 0.398. The third kappa shape index (κ3) is 4.48. The molecule has 1 nitrogen and oxygen atoms in total. The Morgan fingerprint density at radius 1 is 1.19 bits per heavy atom. The zero-order valence-corrected chi connectivity index (χ0v) is 18.6. The van der Waals surface area contributed by atoms with E-state index >= 15 is 0 Å². The minimum atomic E-state index is -0.817. The Morgan fingerprint density at radius 3 is 2.48 bits per heavy atom. The van der Waals surface area contributed by atoms with Gasteiger partial charge in [0.05, 0.1) is 0 Å². The summed E-state index contributed by atoms with van der Waals surface area (Å²) in [6.07, 6.45) is 24.6. The van der Waals surface area contributed by atoms with Crippen molar-refractivity contribution in [3.63, 3.8) is 0 Å².